The van der Waals surface area contributed by atoms with Gasteiger partial charge in [-0.3, -0.25) is 0 Å². The van der Waals surface area contributed by atoms with E-state index in [0.29, 0.717) is 0 Å². The van der Waals surface area contributed by atoms with Crippen molar-refractivity contribution in [1.82, 2.24) is 4.98 Å². The van der Waals surface area contributed by atoms with Gasteiger partial charge in [0.1, 0.15) is 0 Å². The Morgan fingerprint density at radius 3 is 3.00 bits per heavy atom. The number of hydrogen-bond acceptors (Lipinski definition) is 3. The molecule has 18 heavy (non-hydrogen) atoms. The van der Waals surface area contributed by atoms with Gasteiger partial charge in [0.05, 0.1) is 10.2 Å². The molecule has 1 aromatic heterocycles. The van der Waals surface area contributed by atoms with Crippen molar-refractivity contribution >= 4 is 26.7 Å². The lowest BCUT2D eigenvalue weighted by Crippen LogP contribution is -2.16. The highest BCUT2D eigenvalue weighted by Gasteiger charge is 2.23. The molecule has 1 aliphatic carbocycles. The summed E-state index contributed by atoms with van der Waals surface area (Å²) in [7, 11) is 0. The van der Waals surface area contributed by atoms with Crippen molar-refractivity contribution in [3.05, 3.63) is 23.8 Å². The zero-order valence-corrected chi connectivity index (χ0v) is 11.9. The van der Waals surface area contributed by atoms with Gasteiger partial charge in [-0.2, -0.15) is 0 Å². The summed E-state index contributed by atoms with van der Waals surface area (Å²) in [6, 6.07) is 6.40. The van der Waals surface area contributed by atoms with Crippen LogP contribution in [0.3, 0.4) is 0 Å². The average molecular weight is 260 g/mol. The smallest absolute Gasteiger partial charge is 0.183 e. The maximum atomic E-state index is 4.71. The van der Waals surface area contributed by atoms with E-state index in [0.717, 1.165) is 29.0 Å². The van der Waals surface area contributed by atoms with E-state index in [9.17, 15) is 0 Å². The minimum Gasteiger partial charge on any atom is -0.361 e. The number of aromatic nitrogens is 1. The number of anilines is 1. The Labute approximate surface area is 112 Å². The molecule has 2 nitrogen and oxygen atoms in total. The van der Waals surface area contributed by atoms with Crippen LogP contribution in [0.4, 0.5) is 5.13 Å². The maximum absolute atomic E-state index is 4.71. The number of aryl methyl sites for hydroxylation is 1. The fraction of sp³-hybridized carbons (Fsp3) is 0.533. The van der Waals surface area contributed by atoms with Crippen LogP contribution in [0, 0.1) is 18.8 Å². The minimum absolute atomic E-state index is 0.832. The summed E-state index contributed by atoms with van der Waals surface area (Å²) in [6.07, 6.45) is 4.16. The molecule has 1 fully saturated rings. The summed E-state index contributed by atoms with van der Waals surface area (Å²) >= 11 is 1.77. The van der Waals surface area contributed by atoms with Crippen LogP contribution in [0.25, 0.3) is 10.2 Å². The molecule has 0 radical (unpaired) electrons. The lowest BCUT2D eigenvalue weighted by molar-refractivity contribution is 0.439. The zero-order chi connectivity index (χ0) is 12.5. The van der Waals surface area contributed by atoms with Crippen LogP contribution in [0.1, 0.15) is 31.7 Å². The predicted octanol–water partition coefficient (Wildman–Crippen LogP) is 4.45. The fourth-order valence-corrected chi connectivity index (χ4v) is 3.86. The third kappa shape index (κ3) is 2.24. The highest BCUT2D eigenvalue weighted by atomic mass is 32.1. The molecule has 2 aromatic rings. The van der Waals surface area contributed by atoms with Crippen molar-refractivity contribution < 1.29 is 0 Å². The second-order valence-electron chi connectivity index (χ2n) is 5.49. The van der Waals surface area contributed by atoms with Crippen LogP contribution >= 0.6 is 11.3 Å². The van der Waals surface area contributed by atoms with E-state index in [1.165, 1.54) is 29.5 Å². The Bertz CT molecular complexity index is 546. The minimum atomic E-state index is 0.832. The van der Waals surface area contributed by atoms with Crippen molar-refractivity contribution in [2.75, 3.05) is 11.9 Å². The highest BCUT2D eigenvalue weighted by Crippen LogP contribution is 2.32. The van der Waals surface area contributed by atoms with Gasteiger partial charge in [-0.15, -0.1) is 0 Å². The quantitative estimate of drug-likeness (QED) is 0.881. The molecule has 0 spiro atoms. The molecule has 1 saturated carbocycles. The number of nitrogens with zero attached hydrogens (tertiary/aromatic N) is 1. The molecule has 96 valence electrons. The summed E-state index contributed by atoms with van der Waals surface area (Å²) in [4.78, 5) is 4.71. The summed E-state index contributed by atoms with van der Waals surface area (Å²) in [5, 5.41) is 4.62. The van der Waals surface area contributed by atoms with Gasteiger partial charge in [0.2, 0.25) is 0 Å². The Morgan fingerprint density at radius 2 is 2.28 bits per heavy atom. The SMILES string of the molecule is Cc1cccc2sc(NCC3CCCC3C)nc12. The molecule has 3 heteroatoms. The van der Waals surface area contributed by atoms with Gasteiger partial charge in [-0.1, -0.05) is 43.2 Å². The highest BCUT2D eigenvalue weighted by molar-refractivity contribution is 7.22. The topological polar surface area (TPSA) is 24.9 Å². The lowest BCUT2D eigenvalue weighted by Gasteiger charge is -2.15. The third-order valence-corrected chi connectivity index (χ3v) is 5.15. The lowest BCUT2D eigenvalue weighted by atomic mass is 9.98. The third-order valence-electron chi connectivity index (χ3n) is 4.18. The Morgan fingerprint density at radius 1 is 1.39 bits per heavy atom. The summed E-state index contributed by atoms with van der Waals surface area (Å²) in [5.74, 6) is 1.70. The van der Waals surface area contributed by atoms with Crippen molar-refractivity contribution in [1.29, 1.82) is 0 Å². The first-order valence-electron chi connectivity index (χ1n) is 6.84. The summed E-state index contributed by atoms with van der Waals surface area (Å²) in [6.45, 7) is 5.59. The molecule has 1 heterocycles. The van der Waals surface area contributed by atoms with E-state index >= 15 is 0 Å². The van der Waals surface area contributed by atoms with Crippen LogP contribution in [0.15, 0.2) is 18.2 Å². The monoisotopic (exact) mass is 260 g/mol. The fourth-order valence-electron chi connectivity index (χ4n) is 2.91. The number of hydrogen-bond donors (Lipinski definition) is 1. The number of thiazole rings is 1. The molecule has 1 aromatic carbocycles. The van der Waals surface area contributed by atoms with Crippen LogP contribution in [0.5, 0.6) is 0 Å². The number of para-hydroxylation sites is 1. The van der Waals surface area contributed by atoms with E-state index in [4.69, 9.17) is 4.98 Å². The Balaban J connectivity index is 1.73. The second kappa shape index (κ2) is 4.88. The van der Waals surface area contributed by atoms with Gasteiger partial charge in [0.15, 0.2) is 5.13 Å². The molecule has 1 aliphatic rings. The number of benzene rings is 1. The first kappa shape index (κ1) is 12.0. The van der Waals surface area contributed by atoms with Gasteiger partial charge in [0.25, 0.3) is 0 Å². The van der Waals surface area contributed by atoms with Crippen LogP contribution in [-0.4, -0.2) is 11.5 Å². The number of nitrogens with one attached hydrogen (secondary N) is 1. The standard InChI is InChI=1S/C15H20N2S/c1-10-5-3-7-12(10)9-16-15-17-14-11(2)6-4-8-13(14)18-15/h4,6,8,10,12H,3,5,7,9H2,1-2H3,(H,16,17). The van der Waals surface area contributed by atoms with Gasteiger partial charge in [-0.25, -0.2) is 4.98 Å². The predicted molar refractivity (Wildman–Crippen MR) is 79.4 cm³/mol. The van der Waals surface area contributed by atoms with Crippen LogP contribution in [-0.2, 0) is 0 Å². The van der Waals surface area contributed by atoms with E-state index in [-0.39, 0.29) is 0 Å². The van der Waals surface area contributed by atoms with Gasteiger partial charge >= 0.3 is 0 Å². The van der Waals surface area contributed by atoms with E-state index in [1.54, 1.807) is 11.3 Å². The normalized spacial score (nSPS) is 23.7. The van der Waals surface area contributed by atoms with Crippen LogP contribution < -0.4 is 5.32 Å². The largest absolute Gasteiger partial charge is 0.361 e. The Kier molecular flexibility index (Phi) is 3.25. The molecular weight excluding hydrogens is 240 g/mol. The number of fused-ring (bicyclic) bond motifs is 1. The average Bonchev–Trinajstić information content (AvgIpc) is 2.93. The molecule has 0 bridgehead atoms. The molecule has 0 saturated heterocycles. The molecule has 0 aliphatic heterocycles. The molecule has 1 N–H and O–H groups in total. The molecular formula is C15H20N2S. The van der Waals surface area contributed by atoms with Crippen molar-refractivity contribution in [2.24, 2.45) is 11.8 Å². The summed E-state index contributed by atoms with van der Waals surface area (Å²) < 4.78 is 1.29. The zero-order valence-electron chi connectivity index (χ0n) is 11.1. The van der Waals surface area contributed by atoms with Crippen LogP contribution in [0.2, 0.25) is 0 Å². The van der Waals surface area contributed by atoms with E-state index in [2.05, 4.69) is 37.4 Å². The molecule has 2 unspecified atom stereocenters. The van der Waals surface area contributed by atoms with Gasteiger partial charge < -0.3 is 5.32 Å². The van der Waals surface area contributed by atoms with Crippen molar-refractivity contribution in [3.8, 4) is 0 Å². The van der Waals surface area contributed by atoms with Crippen molar-refractivity contribution in [3.63, 3.8) is 0 Å². The molecule has 0 amide bonds. The summed E-state index contributed by atoms with van der Waals surface area (Å²) in [5.41, 5.74) is 2.43. The van der Waals surface area contributed by atoms with Gasteiger partial charge in [0, 0.05) is 6.54 Å². The first-order valence-corrected chi connectivity index (χ1v) is 7.65. The van der Waals surface area contributed by atoms with E-state index < -0.39 is 0 Å². The maximum Gasteiger partial charge on any atom is 0.183 e. The number of rotatable bonds is 3. The Hall–Kier alpha value is -1.09. The first-order chi connectivity index (χ1) is 8.74. The molecule has 2 atom stereocenters. The molecule has 3 rings (SSSR count). The van der Waals surface area contributed by atoms with E-state index in [1.807, 2.05) is 0 Å². The second-order valence-corrected chi connectivity index (χ2v) is 6.52. The van der Waals surface area contributed by atoms with Gasteiger partial charge in [-0.05, 0) is 36.8 Å². The van der Waals surface area contributed by atoms with Crippen molar-refractivity contribution in [2.45, 2.75) is 33.1 Å².